The quantitative estimate of drug-likeness (QED) is 0.220. The van der Waals surface area contributed by atoms with Gasteiger partial charge in [0.1, 0.15) is 23.9 Å². The van der Waals surface area contributed by atoms with Crippen molar-refractivity contribution in [3.63, 3.8) is 0 Å². The molecule has 3 aromatic carbocycles. The SMILES string of the molecule is CCOC(=O)C(Cc1ccccc1)NC(=O)C(Cc1ccccc1)NC(=O)C1CCCN1C(=O)C(N)Cc1ccc(O)cc1. The van der Waals surface area contributed by atoms with Gasteiger partial charge in [-0.05, 0) is 55.0 Å². The smallest absolute Gasteiger partial charge is 0.328 e. The van der Waals surface area contributed by atoms with Crippen LogP contribution in [0.25, 0.3) is 0 Å². The molecule has 0 saturated carbocycles. The zero-order chi connectivity index (χ0) is 31.5. The molecule has 0 radical (unpaired) electrons. The number of hydrogen-bond donors (Lipinski definition) is 4. The first kappa shape index (κ1) is 32.2. The number of likely N-dealkylation sites (tertiary alicyclic amines) is 1. The first-order chi connectivity index (χ1) is 21.2. The van der Waals surface area contributed by atoms with E-state index in [1.54, 1.807) is 19.1 Å². The molecule has 10 heteroatoms. The summed E-state index contributed by atoms with van der Waals surface area (Å²) in [4.78, 5) is 55.0. The number of hydrogen-bond acceptors (Lipinski definition) is 7. The fraction of sp³-hybridized carbons (Fsp3) is 0.353. The number of carbonyl (C=O) groups is 4. The second-order valence-corrected chi connectivity index (χ2v) is 10.9. The van der Waals surface area contributed by atoms with Crippen LogP contribution in [0.5, 0.6) is 5.75 Å². The number of amides is 3. The average molecular weight is 601 g/mol. The Hall–Kier alpha value is -4.70. The first-order valence-corrected chi connectivity index (χ1v) is 14.9. The van der Waals surface area contributed by atoms with Crippen molar-refractivity contribution in [2.24, 2.45) is 5.73 Å². The maximum atomic E-state index is 13.7. The van der Waals surface area contributed by atoms with Crippen LogP contribution >= 0.6 is 0 Å². The maximum absolute atomic E-state index is 13.7. The zero-order valence-electron chi connectivity index (χ0n) is 24.9. The molecule has 1 heterocycles. The van der Waals surface area contributed by atoms with Gasteiger partial charge in [0.15, 0.2) is 0 Å². The van der Waals surface area contributed by atoms with Crippen molar-refractivity contribution in [1.29, 1.82) is 0 Å². The third-order valence-corrected chi connectivity index (χ3v) is 7.63. The third-order valence-electron chi connectivity index (χ3n) is 7.63. The van der Waals surface area contributed by atoms with Gasteiger partial charge >= 0.3 is 5.97 Å². The Kier molecular flexibility index (Phi) is 11.5. The molecule has 1 fully saturated rings. The van der Waals surface area contributed by atoms with Gasteiger partial charge < -0.3 is 31.1 Å². The Morgan fingerprint density at radius 3 is 2.00 bits per heavy atom. The highest BCUT2D eigenvalue weighted by Crippen LogP contribution is 2.20. The second kappa shape index (κ2) is 15.7. The van der Waals surface area contributed by atoms with Crippen LogP contribution in [0.15, 0.2) is 84.9 Å². The fourth-order valence-electron chi connectivity index (χ4n) is 5.37. The summed E-state index contributed by atoms with van der Waals surface area (Å²) in [6.45, 7) is 2.23. The summed E-state index contributed by atoms with van der Waals surface area (Å²) in [7, 11) is 0. The predicted octanol–water partition coefficient (Wildman–Crippen LogP) is 2.27. The molecule has 3 amide bonds. The number of nitrogens with two attached hydrogens (primary N) is 1. The largest absolute Gasteiger partial charge is 0.508 e. The molecule has 232 valence electrons. The number of nitrogens with zero attached hydrogens (tertiary/aromatic N) is 1. The minimum absolute atomic E-state index is 0.118. The third kappa shape index (κ3) is 8.90. The number of esters is 1. The predicted molar refractivity (Wildman–Crippen MR) is 165 cm³/mol. The van der Waals surface area contributed by atoms with Crippen molar-refractivity contribution in [3.8, 4) is 5.75 Å². The molecule has 3 aromatic rings. The van der Waals surface area contributed by atoms with E-state index in [2.05, 4.69) is 10.6 Å². The van der Waals surface area contributed by atoms with E-state index in [4.69, 9.17) is 10.5 Å². The van der Waals surface area contributed by atoms with E-state index in [1.807, 2.05) is 60.7 Å². The summed E-state index contributed by atoms with van der Waals surface area (Å²) in [5, 5.41) is 15.2. The minimum atomic E-state index is -1.01. The van der Waals surface area contributed by atoms with E-state index < -0.39 is 42.0 Å². The maximum Gasteiger partial charge on any atom is 0.328 e. The van der Waals surface area contributed by atoms with Crippen molar-refractivity contribution in [3.05, 3.63) is 102 Å². The number of carbonyl (C=O) groups excluding carboxylic acids is 4. The molecule has 1 aliphatic heterocycles. The molecule has 5 N–H and O–H groups in total. The highest BCUT2D eigenvalue weighted by molar-refractivity contribution is 5.94. The van der Waals surface area contributed by atoms with E-state index in [9.17, 15) is 24.3 Å². The molecule has 4 atom stereocenters. The topological polar surface area (TPSA) is 151 Å². The van der Waals surface area contributed by atoms with Gasteiger partial charge in [-0.1, -0.05) is 72.8 Å². The number of rotatable bonds is 13. The summed E-state index contributed by atoms with van der Waals surface area (Å²) in [6.07, 6.45) is 1.71. The summed E-state index contributed by atoms with van der Waals surface area (Å²) < 4.78 is 5.24. The lowest BCUT2D eigenvalue weighted by Gasteiger charge is -2.29. The number of benzene rings is 3. The number of ether oxygens (including phenoxy) is 1. The number of nitrogens with one attached hydrogen (secondary N) is 2. The molecule has 0 bridgehead atoms. The van der Waals surface area contributed by atoms with Crippen LogP contribution in [0.3, 0.4) is 0 Å². The Morgan fingerprint density at radius 1 is 0.841 bits per heavy atom. The summed E-state index contributed by atoms with van der Waals surface area (Å²) in [5.41, 5.74) is 8.71. The molecule has 0 aliphatic carbocycles. The summed E-state index contributed by atoms with van der Waals surface area (Å²) in [6, 6.07) is 21.4. The molecule has 4 unspecified atom stereocenters. The van der Waals surface area contributed by atoms with Crippen LogP contribution in [0.4, 0.5) is 0 Å². The van der Waals surface area contributed by atoms with E-state index in [-0.39, 0.29) is 37.5 Å². The van der Waals surface area contributed by atoms with Crippen LogP contribution in [0.1, 0.15) is 36.5 Å². The lowest BCUT2D eigenvalue weighted by Crippen LogP contribution is -2.57. The summed E-state index contributed by atoms with van der Waals surface area (Å²) >= 11 is 0. The lowest BCUT2D eigenvalue weighted by atomic mass is 10.0. The van der Waals surface area contributed by atoms with Gasteiger partial charge in [0.05, 0.1) is 12.6 Å². The molecule has 0 spiro atoms. The highest BCUT2D eigenvalue weighted by atomic mass is 16.5. The van der Waals surface area contributed by atoms with Crippen molar-refractivity contribution < 1.29 is 29.0 Å². The molecule has 44 heavy (non-hydrogen) atoms. The number of aromatic hydroxyl groups is 1. The van der Waals surface area contributed by atoms with E-state index in [1.165, 1.54) is 17.0 Å². The minimum Gasteiger partial charge on any atom is -0.508 e. The standard InChI is InChI=1S/C34H40N4O6/c1-2-44-34(43)29(22-24-12-7-4-8-13-24)37-31(40)28(21-23-10-5-3-6-11-23)36-32(41)30-14-9-19-38(30)33(42)27(35)20-25-15-17-26(39)18-16-25/h3-8,10-13,15-18,27-30,39H,2,9,14,19-22,35H2,1H3,(H,36,41)(H,37,40). The zero-order valence-corrected chi connectivity index (χ0v) is 24.9. The highest BCUT2D eigenvalue weighted by Gasteiger charge is 2.38. The average Bonchev–Trinajstić information content (AvgIpc) is 3.52. The van der Waals surface area contributed by atoms with Gasteiger partial charge in [0.25, 0.3) is 0 Å². The van der Waals surface area contributed by atoms with Crippen molar-refractivity contribution in [2.45, 2.75) is 63.2 Å². The van der Waals surface area contributed by atoms with E-state index in [0.29, 0.717) is 19.4 Å². The van der Waals surface area contributed by atoms with Gasteiger partial charge in [0, 0.05) is 19.4 Å². The second-order valence-electron chi connectivity index (χ2n) is 10.9. The van der Waals surface area contributed by atoms with Crippen LogP contribution in [-0.2, 0) is 43.2 Å². The molecule has 1 saturated heterocycles. The Bertz CT molecular complexity index is 1400. The molecule has 1 aliphatic rings. The van der Waals surface area contributed by atoms with Crippen LogP contribution in [-0.4, -0.2) is 71.0 Å². The van der Waals surface area contributed by atoms with Crippen LogP contribution in [0.2, 0.25) is 0 Å². The van der Waals surface area contributed by atoms with Gasteiger partial charge in [-0.2, -0.15) is 0 Å². The Balaban J connectivity index is 1.48. The van der Waals surface area contributed by atoms with Crippen molar-refractivity contribution >= 4 is 23.7 Å². The van der Waals surface area contributed by atoms with E-state index in [0.717, 1.165) is 16.7 Å². The van der Waals surface area contributed by atoms with Crippen molar-refractivity contribution in [1.82, 2.24) is 15.5 Å². The number of phenols is 1. The molecular formula is C34H40N4O6. The summed E-state index contributed by atoms with van der Waals surface area (Å²) in [5.74, 6) is -1.79. The first-order valence-electron chi connectivity index (χ1n) is 14.9. The molecule has 0 aromatic heterocycles. The van der Waals surface area contributed by atoms with Crippen molar-refractivity contribution in [2.75, 3.05) is 13.2 Å². The molecule has 10 nitrogen and oxygen atoms in total. The normalized spacial score (nSPS) is 16.4. The molecule has 4 rings (SSSR count). The van der Waals surface area contributed by atoms with E-state index >= 15 is 0 Å². The monoisotopic (exact) mass is 600 g/mol. The molecular weight excluding hydrogens is 560 g/mol. The Morgan fingerprint density at radius 2 is 1.41 bits per heavy atom. The van der Waals surface area contributed by atoms with Crippen LogP contribution in [0, 0.1) is 0 Å². The lowest BCUT2D eigenvalue weighted by molar-refractivity contribution is -0.147. The Labute approximate surface area is 257 Å². The fourth-order valence-corrected chi connectivity index (χ4v) is 5.37. The van der Waals surface area contributed by atoms with Gasteiger partial charge in [0.2, 0.25) is 17.7 Å². The van der Waals surface area contributed by atoms with Gasteiger partial charge in [-0.3, -0.25) is 14.4 Å². The van der Waals surface area contributed by atoms with Gasteiger partial charge in [-0.15, -0.1) is 0 Å². The number of phenolic OH excluding ortho intramolecular Hbond substituents is 1. The van der Waals surface area contributed by atoms with Gasteiger partial charge in [-0.25, -0.2) is 4.79 Å². The van der Waals surface area contributed by atoms with Crippen LogP contribution < -0.4 is 16.4 Å².